The minimum absolute atomic E-state index is 0.117. The molecule has 15 heavy (non-hydrogen) atoms. The van der Waals surface area contributed by atoms with E-state index in [0.29, 0.717) is 6.04 Å². The van der Waals surface area contributed by atoms with Crippen LogP contribution in [0, 0.1) is 0 Å². The van der Waals surface area contributed by atoms with Gasteiger partial charge in [-0.1, -0.05) is 24.3 Å². The number of primary amides is 1. The second-order valence-corrected chi connectivity index (χ2v) is 4.30. The molecule has 3 nitrogen and oxygen atoms in total. The summed E-state index contributed by atoms with van der Waals surface area (Å²) in [6.07, 6.45) is 0.807. The number of hydrogen-bond donors (Lipinski definition) is 1. The van der Waals surface area contributed by atoms with Gasteiger partial charge < -0.3 is 10.6 Å². The first-order chi connectivity index (χ1) is 7.11. The summed E-state index contributed by atoms with van der Waals surface area (Å²) in [7, 11) is 4.07. The van der Waals surface area contributed by atoms with Gasteiger partial charge in [0.25, 0.3) is 0 Å². The fourth-order valence-electron chi connectivity index (χ4n) is 2.37. The standard InChI is InChI=1S/C12H16N2O/c1-14(2)11-7-10(12(13)15)8-5-3-4-6-9(8)11/h3-6,10-11H,7H2,1-2H3,(H2,13,15). The quantitative estimate of drug-likeness (QED) is 0.788. The predicted molar refractivity (Wildman–Crippen MR) is 59.4 cm³/mol. The van der Waals surface area contributed by atoms with Crippen molar-refractivity contribution in [1.29, 1.82) is 0 Å². The van der Waals surface area contributed by atoms with E-state index in [2.05, 4.69) is 11.0 Å². The largest absolute Gasteiger partial charge is 0.369 e. The Labute approximate surface area is 89.9 Å². The molecule has 1 aliphatic rings. The average molecular weight is 204 g/mol. The maximum atomic E-state index is 11.3. The molecule has 0 saturated carbocycles. The minimum atomic E-state index is -0.216. The second kappa shape index (κ2) is 3.66. The Balaban J connectivity index is 2.44. The van der Waals surface area contributed by atoms with Crippen LogP contribution in [0.2, 0.25) is 0 Å². The third kappa shape index (κ3) is 1.63. The summed E-state index contributed by atoms with van der Waals surface area (Å²) in [6, 6.07) is 8.39. The van der Waals surface area contributed by atoms with Gasteiger partial charge in [-0.05, 0) is 31.6 Å². The van der Waals surface area contributed by atoms with Crippen molar-refractivity contribution in [3.63, 3.8) is 0 Å². The van der Waals surface area contributed by atoms with Crippen LogP contribution in [0.5, 0.6) is 0 Å². The summed E-state index contributed by atoms with van der Waals surface area (Å²) in [5, 5.41) is 0. The highest BCUT2D eigenvalue weighted by atomic mass is 16.1. The summed E-state index contributed by atoms with van der Waals surface area (Å²) in [5.74, 6) is -0.333. The first kappa shape index (κ1) is 10.2. The molecule has 0 saturated heterocycles. The van der Waals surface area contributed by atoms with Crippen LogP contribution in [0.15, 0.2) is 24.3 Å². The maximum Gasteiger partial charge on any atom is 0.225 e. The van der Waals surface area contributed by atoms with Crippen LogP contribution in [-0.2, 0) is 4.79 Å². The lowest BCUT2D eigenvalue weighted by atomic mass is 10.0. The highest BCUT2D eigenvalue weighted by Crippen LogP contribution is 2.42. The molecule has 2 atom stereocenters. The van der Waals surface area contributed by atoms with Gasteiger partial charge in [-0.25, -0.2) is 0 Å². The van der Waals surface area contributed by atoms with E-state index in [0.717, 1.165) is 12.0 Å². The van der Waals surface area contributed by atoms with Gasteiger partial charge in [0.1, 0.15) is 0 Å². The van der Waals surface area contributed by atoms with E-state index in [9.17, 15) is 4.79 Å². The van der Waals surface area contributed by atoms with Gasteiger partial charge in [0.2, 0.25) is 5.91 Å². The first-order valence-electron chi connectivity index (χ1n) is 5.16. The monoisotopic (exact) mass is 204 g/mol. The van der Waals surface area contributed by atoms with Crippen LogP contribution in [0.3, 0.4) is 0 Å². The molecule has 0 radical (unpaired) electrons. The molecule has 1 amide bonds. The molecule has 0 fully saturated rings. The summed E-state index contributed by atoms with van der Waals surface area (Å²) in [4.78, 5) is 13.5. The summed E-state index contributed by atoms with van der Waals surface area (Å²) in [5.41, 5.74) is 7.76. The van der Waals surface area contributed by atoms with E-state index in [-0.39, 0.29) is 11.8 Å². The molecule has 1 aliphatic carbocycles. The molecular formula is C12H16N2O. The van der Waals surface area contributed by atoms with Crippen molar-refractivity contribution in [2.24, 2.45) is 5.73 Å². The molecule has 80 valence electrons. The van der Waals surface area contributed by atoms with Gasteiger partial charge in [0.05, 0.1) is 5.92 Å². The van der Waals surface area contributed by atoms with Gasteiger partial charge in [0, 0.05) is 6.04 Å². The summed E-state index contributed by atoms with van der Waals surface area (Å²) >= 11 is 0. The molecule has 2 N–H and O–H groups in total. The lowest BCUT2D eigenvalue weighted by molar-refractivity contribution is -0.119. The van der Waals surface area contributed by atoms with Crippen LogP contribution < -0.4 is 5.73 Å². The molecular weight excluding hydrogens is 188 g/mol. The summed E-state index contributed by atoms with van der Waals surface area (Å²) < 4.78 is 0. The normalized spacial score (nSPS) is 24.2. The SMILES string of the molecule is CN(C)C1CC(C(N)=O)c2ccccc21. The summed E-state index contributed by atoms with van der Waals surface area (Å²) in [6.45, 7) is 0. The zero-order chi connectivity index (χ0) is 11.0. The molecule has 0 aliphatic heterocycles. The Morgan fingerprint density at radius 2 is 1.93 bits per heavy atom. The van der Waals surface area contributed by atoms with E-state index >= 15 is 0 Å². The Morgan fingerprint density at radius 1 is 1.33 bits per heavy atom. The third-order valence-corrected chi connectivity index (χ3v) is 3.16. The lowest BCUT2D eigenvalue weighted by Crippen LogP contribution is -2.21. The van der Waals surface area contributed by atoms with Crippen LogP contribution in [-0.4, -0.2) is 24.9 Å². The van der Waals surface area contributed by atoms with Gasteiger partial charge in [0.15, 0.2) is 0 Å². The van der Waals surface area contributed by atoms with E-state index in [4.69, 9.17) is 5.73 Å². The molecule has 2 unspecified atom stereocenters. The molecule has 2 rings (SSSR count). The van der Waals surface area contributed by atoms with Crippen molar-refractivity contribution in [3.8, 4) is 0 Å². The van der Waals surface area contributed by atoms with Crippen molar-refractivity contribution < 1.29 is 4.79 Å². The van der Waals surface area contributed by atoms with Gasteiger partial charge in [-0.3, -0.25) is 4.79 Å². The number of hydrogen-bond acceptors (Lipinski definition) is 2. The molecule has 0 heterocycles. The lowest BCUT2D eigenvalue weighted by Gasteiger charge is -2.19. The Bertz CT molecular complexity index is 387. The van der Waals surface area contributed by atoms with Crippen molar-refractivity contribution in [2.75, 3.05) is 14.1 Å². The number of fused-ring (bicyclic) bond motifs is 1. The number of carbonyl (C=O) groups is 1. The Kier molecular flexibility index (Phi) is 2.49. The third-order valence-electron chi connectivity index (χ3n) is 3.16. The molecule has 3 heteroatoms. The van der Waals surface area contributed by atoms with Crippen LogP contribution in [0.4, 0.5) is 0 Å². The van der Waals surface area contributed by atoms with E-state index in [1.807, 2.05) is 32.3 Å². The fourth-order valence-corrected chi connectivity index (χ4v) is 2.37. The van der Waals surface area contributed by atoms with Crippen molar-refractivity contribution >= 4 is 5.91 Å². The van der Waals surface area contributed by atoms with Crippen molar-refractivity contribution in [2.45, 2.75) is 18.4 Å². The van der Waals surface area contributed by atoms with Crippen LogP contribution in [0.1, 0.15) is 29.5 Å². The van der Waals surface area contributed by atoms with Gasteiger partial charge in [-0.15, -0.1) is 0 Å². The second-order valence-electron chi connectivity index (χ2n) is 4.30. The number of amides is 1. The van der Waals surface area contributed by atoms with Gasteiger partial charge in [-0.2, -0.15) is 0 Å². The highest BCUT2D eigenvalue weighted by Gasteiger charge is 2.34. The zero-order valence-corrected chi connectivity index (χ0v) is 9.10. The maximum absolute atomic E-state index is 11.3. The Hall–Kier alpha value is -1.35. The van der Waals surface area contributed by atoms with Crippen molar-refractivity contribution in [3.05, 3.63) is 35.4 Å². The molecule has 1 aromatic carbocycles. The van der Waals surface area contributed by atoms with E-state index < -0.39 is 0 Å². The molecule has 1 aromatic rings. The smallest absolute Gasteiger partial charge is 0.225 e. The zero-order valence-electron chi connectivity index (χ0n) is 9.10. The number of nitrogens with zero attached hydrogens (tertiary/aromatic N) is 1. The molecule has 0 bridgehead atoms. The highest BCUT2D eigenvalue weighted by molar-refractivity contribution is 5.83. The van der Waals surface area contributed by atoms with Crippen LogP contribution >= 0.6 is 0 Å². The predicted octanol–water partition coefficient (Wildman–Crippen LogP) is 1.26. The van der Waals surface area contributed by atoms with E-state index in [1.165, 1.54) is 5.56 Å². The average Bonchev–Trinajstić information content (AvgIpc) is 2.56. The van der Waals surface area contributed by atoms with Crippen LogP contribution in [0.25, 0.3) is 0 Å². The molecule has 0 aromatic heterocycles. The number of benzene rings is 1. The first-order valence-corrected chi connectivity index (χ1v) is 5.16. The molecule has 0 spiro atoms. The fraction of sp³-hybridized carbons (Fsp3) is 0.417. The minimum Gasteiger partial charge on any atom is -0.369 e. The topological polar surface area (TPSA) is 46.3 Å². The Morgan fingerprint density at radius 3 is 2.47 bits per heavy atom. The van der Waals surface area contributed by atoms with Gasteiger partial charge >= 0.3 is 0 Å². The van der Waals surface area contributed by atoms with E-state index in [1.54, 1.807) is 0 Å². The number of carbonyl (C=O) groups excluding carboxylic acids is 1. The number of rotatable bonds is 2. The van der Waals surface area contributed by atoms with Crippen molar-refractivity contribution in [1.82, 2.24) is 4.90 Å². The number of nitrogens with two attached hydrogens (primary N) is 1.